The highest BCUT2D eigenvalue weighted by molar-refractivity contribution is 6.15. The van der Waals surface area contributed by atoms with Crippen molar-refractivity contribution in [3.8, 4) is 5.75 Å². The van der Waals surface area contributed by atoms with Crippen molar-refractivity contribution in [1.29, 1.82) is 0 Å². The van der Waals surface area contributed by atoms with E-state index in [2.05, 4.69) is 20.8 Å². The van der Waals surface area contributed by atoms with Crippen molar-refractivity contribution >= 4 is 65.1 Å². The Kier molecular flexibility index (Phi) is 23.8. The summed E-state index contributed by atoms with van der Waals surface area (Å²) >= 11 is 5.79. The van der Waals surface area contributed by atoms with Crippen LogP contribution in [-0.2, 0) is 59.0 Å². The van der Waals surface area contributed by atoms with E-state index in [-0.39, 0.29) is 44.1 Å². The number of carbonyl (C=O) groups is 9. The lowest BCUT2D eigenvalue weighted by Gasteiger charge is -2.36. The summed E-state index contributed by atoms with van der Waals surface area (Å²) in [6.45, 7) is 17.7. The van der Waals surface area contributed by atoms with Gasteiger partial charge in [0.25, 0.3) is 5.91 Å². The van der Waals surface area contributed by atoms with Crippen molar-refractivity contribution in [2.45, 2.75) is 194 Å². The number of aliphatic hydroxyl groups excluding tert-OH is 1. The number of nitrogens with one attached hydrogen (secondary N) is 4. The van der Waals surface area contributed by atoms with Gasteiger partial charge in [-0.15, -0.1) is 0 Å². The van der Waals surface area contributed by atoms with E-state index < -0.39 is 138 Å². The smallest absolute Gasteiger partial charge is 0.329 e. The zero-order valence-electron chi connectivity index (χ0n) is 46.8. The summed E-state index contributed by atoms with van der Waals surface area (Å²) in [6.07, 6.45) is -3.05. The number of hydrogen-bond acceptors (Lipinski definition) is 14. The molecule has 5 N–H and O–H groups in total. The molecule has 76 heavy (non-hydrogen) atoms. The number of amides is 7. The van der Waals surface area contributed by atoms with Crippen LogP contribution < -0.4 is 25.5 Å². The monoisotopic (exact) mass is 1090 g/mol. The number of ether oxygens (including phenoxy) is 3. The molecule has 3 saturated heterocycles. The third kappa shape index (κ3) is 16.3. The first-order valence-corrected chi connectivity index (χ1v) is 27.3. The molecule has 3 fully saturated rings. The first kappa shape index (κ1) is 63.0. The van der Waals surface area contributed by atoms with Crippen molar-refractivity contribution in [3.63, 3.8) is 0 Å². The summed E-state index contributed by atoms with van der Waals surface area (Å²) in [5.74, 6) is -7.26. The quantitative estimate of drug-likeness (QED) is 0.118. The van der Waals surface area contributed by atoms with Crippen LogP contribution in [0, 0.1) is 23.7 Å². The van der Waals surface area contributed by atoms with Crippen LogP contribution in [-0.4, -0.2) is 179 Å². The number of halogens is 1. The Morgan fingerprint density at radius 1 is 0.895 bits per heavy atom. The molecule has 0 aromatic heterocycles. The molecule has 0 radical (unpaired) electrons. The molecule has 0 spiro atoms. The van der Waals surface area contributed by atoms with Crippen LogP contribution in [0.3, 0.4) is 0 Å². The van der Waals surface area contributed by atoms with Gasteiger partial charge in [-0.2, -0.15) is 0 Å². The van der Waals surface area contributed by atoms with Gasteiger partial charge >= 0.3 is 11.9 Å². The number of fused-ring (bicyclic) bond motifs is 1. The average Bonchev–Trinajstić information content (AvgIpc) is 4.08. The van der Waals surface area contributed by atoms with E-state index in [1.165, 1.54) is 47.7 Å². The van der Waals surface area contributed by atoms with Gasteiger partial charge < -0.3 is 54.9 Å². The highest BCUT2D eigenvalue weighted by Gasteiger charge is 2.46. The van der Waals surface area contributed by atoms with Gasteiger partial charge in [0.2, 0.25) is 35.4 Å². The van der Waals surface area contributed by atoms with Gasteiger partial charge in [-0.25, -0.2) is 9.63 Å². The highest BCUT2D eigenvalue weighted by Crippen LogP contribution is 2.27. The zero-order chi connectivity index (χ0) is 56.9. The largest absolute Gasteiger partial charge is 0.497 e. The third-order valence-corrected chi connectivity index (χ3v) is 15.1. The number of likely N-dealkylation sites (tertiary alicyclic amines) is 1. The Bertz CT molecular complexity index is 2200. The molecule has 21 nitrogen and oxygen atoms in total. The van der Waals surface area contributed by atoms with Gasteiger partial charge in [-0.3, -0.25) is 38.4 Å². The van der Waals surface area contributed by atoms with E-state index in [1.54, 1.807) is 58.9 Å². The fourth-order valence-electron chi connectivity index (χ4n) is 10.1. The van der Waals surface area contributed by atoms with Crippen LogP contribution in [0.2, 0.25) is 0 Å². The molecular weight excluding hydrogens is 1000 g/mol. The van der Waals surface area contributed by atoms with E-state index >= 15 is 0 Å². The van der Waals surface area contributed by atoms with Gasteiger partial charge in [0.15, 0.2) is 6.10 Å². The molecule has 426 valence electrons. The minimum atomic E-state index is -1.72. The molecule has 3 aliphatic rings. The van der Waals surface area contributed by atoms with E-state index in [1.807, 2.05) is 27.7 Å². The number of nitrogens with zero attached hydrogens (tertiary/aromatic N) is 4. The summed E-state index contributed by atoms with van der Waals surface area (Å²) < 4.78 is 17.3. The average molecular weight is 1090 g/mol. The van der Waals surface area contributed by atoms with Crippen molar-refractivity contribution in [1.82, 2.24) is 40.4 Å². The molecule has 1 aromatic carbocycles. The van der Waals surface area contributed by atoms with Crippen molar-refractivity contribution < 1.29 is 62.5 Å². The Labute approximate surface area is 453 Å². The maximum atomic E-state index is 15.0. The molecule has 0 unspecified atom stereocenters. The van der Waals surface area contributed by atoms with E-state index in [4.69, 9.17) is 26.0 Å². The van der Waals surface area contributed by atoms with Crippen LogP contribution in [0.4, 0.5) is 0 Å². The summed E-state index contributed by atoms with van der Waals surface area (Å²) in [4.78, 5) is 137. The van der Waals surface area contributed by atoms with Gasteiger partial charge in [0, 0.05) is 33.6 Å². The normalized spacial score (nSPS) is 27.0. The fraction of sp³-hybridized carbons (Fsp3) is 0.722. The van der Waals surface area contributed by atoms with Crippen LogP contribution in [0.1, 0.15) is 126 Å². The first-order valence-electron chi connectivity index (χ1n) is 26.9. The molecule has 0 aliphatic carbocycles. The lowest BCUT2D eigenvalue weighted by molar-refractivity contribution is -0.162. The molecule has 7 amide bonds. The maximum Gasteiger partial charge on any atom is 0.329 e. The number of carbonyl (C=O) groups excluding carboxylic acids is 9. The minimum Gasteiger partial charge on any atom is -0.497 e. The molecule has 3 aliphatic heterocycles. The summed E-state index contributed by atoms with van der Waals surface area (Å²) in [6, 6.07) is -2.52. The molecule has 1 aromatic rings. The molecule has 12 atom stereocenters. The fourth-order valence-corrected chi connectivity index (χ4v) is 10.2. The van der Waals surface area contributed by atoms with Crippen molar-refractivity contribution in [2.75, 3.05) is 34.3 Å². The summed E-state index contributed by atoms with van der Waals surface area (Å²) in [5, 5.41) is 20.2. The summed E-state index contributed by atoms with van der Waals surface area (Å²) in [5.41, 5.74) is 0.601. The van der Waals surface area contributed by atoms with Crippen LogP contribution in [0.5, 0.6) is 5.75 Å². The molecule has 4 rings (SSSR count). The predicted octanol–water partition coefficient (Wildman–Crippen LogP) is 2.86. The molecule has 22 heteroatoms. The van der Waals surface area contributed by atoms with Gasteiger partial charge in [0.1, 0.15) is 48.1 Å². The second kappa shape index (κ2) is 28.7. The highest BCUT2D eigenvalue weighted by atomic mass is 35.5. The van der Waals surface area contributed by atoms with E-state index in [0.717, 1.165) is 0 Å². The number of rotatable bonds is 16. The molecule has 3 heterocycles. The van der Waals surface area contributed by atoms with Crippen LogP contribution in [0.25, 0.3) is 0 Å². The Hall–Kier alpha value is -5.54. The molecule has 0 bridgehead atoms. The topological polar surface area (TPSA) is 263 Å². The Balaban J connectivity index is 1.86. The maximum absolute atomic E-state index is 15.0. The third-order valence-electron chi connectivity index (χ3n) is 14.8. The second-order valence-corrected chi connectivity index (χ2v) is 22.2. The first-order chi connectivity index (χ1) is 35.8. The number of cyclic esters (lactones) is 2. The van der Waals surface area contributed by atoms with Crippen molar-refractivity contribution in [2.24, 2.45) is 23.7 Å². The summed E-state index contributed by atoms with van der Waals surface area (Å²) in [7, 11) is 4.37. The van der Waals surface area contributed by atoms with E-state index in [0.29, 0.717) is 43.5 Å². The number of esters is 2. The zero-order valence-corrected chi connectivity index (χ0v) is 47.5. The van der Waals surface area contributed by atoms with Crippen LogP contribution in [0.15, 0.2) is 24.3 Å². The number of methoxy groups -OCH3 is 1. The van der Waals surface area contributed by atoms with Crippen molar-refractivity contribution in [3.05, 3.63) is 29.8 Å². The van der Waals surface area contributed by atoms with Gasteiger partial charge in [-0.1, -0.05) is 73.9 Å². The lowest BCUT2D eigenvalue weighted by atomic mass is 9.92. The minimum absolute atomic E-state index is 0.0929. The van der Waals surface area contributed by atoms with Gasteiger partial charge in [-0.05, 0) is 106 Å². The number of aliphatic hydroxyl groups is 1. The Morgan fingerprint density at radius 3 is 2.12 bits per heavy atom. The number of hydrogen-bond donors (Lipinski definition) is 5. The van der Waals surface area contributed by atoms with E-state index in [9.17, 15) is 48.3 Å². The van der Waals surface area contributed by atoms with Gasteiger partial charge in [0.05, 0.1) is 31.7 Å². The SMILES string of the molecule is CC[C@H](C)[C@H]1NC(=O)[C@@H](NC(=O)[C@@H](CC(C)C)N(C)C(=O)[C@@H]2CCCN2C(=O)[C@H](C)NCl)[C@@H](C)OC(=O)[C@H](Cc2ccc(OC)cc2)N(C)C(=O)[C@@H]2CCCN2C(=O)[C@H](CC(C)C)NC(=O)[C@H](C(C)C)OC(=O)C[C@@H]1O. The predicted molar refractivity (Wildman–Crippen MR) is 283 cm³/mol. The standard InChI is InChI=1S/C54H85ClN8O13/c1-14-32(8)44-42(64)28-43(65)76-46(31(6)7)49(68)56-37(25-29(2)3)51(70)63-24-16-18-39(63)53(72)61(12)41(27-35-19-21-36(74-13)22-20-35)54(73)75-34(10)45(48(67)57-44)58-47(66)40(26-30(4)5)60(11)52(71)38-17-15-23-62(38)50(69)33(9)59-55/h19-22,29-34,37-42,44-46,59,64H,14-18,23-28H2,1-13H3,(H,56,68)(H,57,67)(H,58,66)/t32-,33-,34+,37-,38-,39-,40+,41-,42-,44+,45-,46-/m0/s1. The molecular formula is C54H85ClN8O13. The number of benzene rings is 1. The number of likely N-dealkylation sites (N-methyl/N-ethyl adjacent to an activating group) is 2. The lowest BCUT2D eigenvalue weighted by Crippen LogP contribution is -2.62. The Morgan fingerprint density at radius 2 is 1.54 bits per heavy atom. The van der Waals surface area contributed by atoms with Crippen LogP contribution >= 0.6 is 11.8 Å². The molecule has 0 saturated carbocycles. The second-order valence-electron chi connectivity index (χ2n) is 22.0.